The van der Waals surface area contributed by atoms with Crippen LogP contribution in [0.5, 0.6) is 5.75 Å². The van der Waals surface area contributed by atoms with Gasteiger partial charge in [-0.05, 0) is 46.7 Å². The number of phenols is 1. The number of para-hydroxylation sites is 2. The Morgan fingerprint density at radius 3 is 1.77 bits per heavy atom. The number of hydrogen-bond acceptors (Lipinski definition) is 3. The van der Waals surface area contributed by atoms with Gasteiger partial charge in [0.05, 0.1) is 29.7 Å². The van der Waals surface area contributed by atoms with Crippen LogP contribution >= 0.6 is 17.0 Å². The number of aromatic nitrogens is 2. The fraction of sp³-hybridized carbons (Fsp3) is 0.355. The smallest absolute Gasteiger partial charge is 0.416 e. The van der Waals surface area contributed by atoms with Gasteiger partial charge in [-0.15, -0.1) is 17.0 Å². The van der Waals surface area contributed by atoms with E-state index in [-0.39, 0.29) is 52.8 Å². The lowest BCUT2D eigenvalue weighted by Crippen LogP contribution is -2.28. The van der Waals surface area contributed by atoms with Crippen molar-refractivity contribution in [3.63, 3.8) is 0 Å². The van der Waals surface area contributed by atoms with Crippen LogP contribution in [0.3, 0.4) is 0 Å². The Hall–Kier alpha value is -3.33. The van der Waals surface area contributed by atoms with Crippen molar-refractivity contribution in [1.29, 1.82) is 5.41 Å². The highest BCUT2D eigenvalue weighted by molar-refractivity contribution is 8.93. The number of nitrogens with one attached hydrogen (secondary N) is 1. The number of halogens is 4. The maximum absolute atomic E-state index is 13.7. The standard InChI is InChI=1S/C31H34F3N3O2.BrH/c1-29(2,3)22-15-20(16-23(27(22)39)30(4,5)6)26(38)18-37-25-14-10-9-13-24(25)36(28(37)35)17-19-11-7-8-12-21(19)31(32,33)34;/h7-16,35,39H,17-18H2,1-6H3;1H. The molecule has 0 bridgehead atoms. The fourth-order valence-electron chi connectivity index (χ4n) is 4.89. The van der Waals surface area contributed by atoms with Gasteiger partial charge in [-0.3, -0.25) is 10.2 Å². The Bertz CT molecular complexity index is 1590. The van der Waals surface area contributed by atoms with E-state index < -0.39 is 22.6 Å². The van der Waals surface area contributed by atoms with Crippen molar-refractivity contribution in [2.24, 2.45) is 0 Å². The van der Waals surface area contributed by atoms with E-state index >= 15 is 0 Å². The van der Waals surface area contributed by atoms with E-state index in [0.717, 1.165) is 6.07 Å². The molecule has 0 saturated heterocycles. The van der Waals surface area contributed by atoms with E-state index in [9.17, 15) is 23.1 Å². The number of carbonyl (C=O) groups is 1. The van der Waals surface area contributed by atoms with E-state index in [0.29, 0.717) is 27.7 Å². The second-order valence-electron chi connectivity index (χ2n) is 12.0. The molecule has 5 nitrogen and oxygen atoms in total. The zero-order chi connectivity index (χ0) is 28.9. The van der Waals surface area contributed by atoms with Crippen LogP contribution < -0.4 is 5.62 Å². The number of rotatable bonds is 5. The summed E-state index contributed by atoms with van der Waals surface area (Å²) in [6, 6.07) is 15.8. The van der Waals surface area contributed by atoms with Crippen LogP contribution in [-0.2, 0) is 30.1 Å². The van der Waals surface area contributed by atoms with Crippen LogP contribution in [-0.4, -0.2) is 20.0 Å². The van der Waals surface area contributed by atoms with E-state index in [2.05, 4.69) is 0 Å². The van der Waals surface area contributed by atoms with Gasteiger partial charge in [0.25, 0.3) is 0 Å². The molecule has 4 aromatic rings. The van der Waals surface area contributed by atoms with E-state index in [1.165, 1.54) is 21.3 Å². The van der Waals surface area contributed by atoms with Crippen molar-refractivity contribution in [2.75, 3.05) is 0 Å². The molecule has 0 aliphatic carbocycles. The summed E-state index contributed by atoms with van der Waals surface area (Å²) in [4.78, 5) is 13.7. The molecule has 0 radical (unpaired) electrons. The number of alkyl halides is 3. The minimum absolute atomic E-state index is 0. The minimum atomic E-state index is -4.53. The second-order valence-corrected chi connectivity index (χ2v) is 12.0. The predicted molar refractivity (Wildman–Crippen MR) is 156 cm³/mol. The highest BCUT2D eigenvalue weighted by Gasteiger charge is 2.33. The van der Waals surface area contributed by atoms with Gasteiger partial charge in [0.1, 0.15) is 5.75 Å². The number of aromatic hydroxyl groups is 1. The van der Waals surface area contributed by atoms with Gasteiger partial charge in [0, 0.05) is 16.7 Å². The van der Waals surface area contributed by atoms with Gasteiger partial charge in [0.2, 0.25) is 5.62 Å². The molecule has 0 atom stereocenters. The molecular formula is C31H35BrF3N3O2. The molecule has 0 aliphatic heterocycles. The van der Waals surface area contributed by atoms with Crippen molar-refractivity contribution in [1.82, 2.24) is 9.13 Å². The molecule has 0 unspecified atom stereocenters. The molecule has 4 rings (SSSR count). The molecule has 1 aromatic heterocycles. The van der Waals surface area contributed by atoms with Gasteiger partial charge < -0.3 is 14.2 Å². The molecule has 0 fully saturated rings. The van der Waals surface area contributed by atoms with Crippen molar-refractivity contribution in [2.45, 2.75) is 71.6 Å². The molecule has 40 heavy (non-hydrogen) atoms. The Kier molecular flexibility index (Phi) is 8.52. The first-order valence-corrected chi connectivity index (χ1v) is 12.8. The Morgan fingerprint density at radius 2 is 1.27 bits per heavy atom. The zero-order valence-electron chi connectivity index (χ0n) is 23.5. The molecule has 9 heteroatoms. The minimum Gasteiger partial charge on any atom is -0.507 e. The number of carbonyl (C=O) groups excluding carboxylic acids is 1. The molecular weight excluding hydrogens is 583 g/mol. The number of benzene rings is 3. The van der Waals surface area contributed by atoms with E-state index in [1.54, 1.807) is 42.5 Å². The SMILES string of the molecule is Br.CC(C)(C)c1cc(C(=O)Cn2c(=N)n(Cc3ccccc3C(F)(F)F)c3ccccc32)cc(C(C)(C)C)c1O. The molecule has 1 heterocycles. The average Bonchev–Trinajstić information content (AvgIpc) is 3.08. The molecule has 214 valence electrons. The normalized spacial score (nSPS) is 12.4. The first-order valence-electron chi connectivity index (χ1n) is 12.8. The zero-order valence-corrected chi connectivity index (χ0v) is 25.2. The molecule has 2 N–H and O–H groups in total. The number of ketones is 1. The van der Waals surface area contributed by atoms with Gasteiger partial charge in [-0.1, -0.05) is 71.9 Å². The molecule has 0 aliphatic rings. The molecule has 3 aromatic carbocycles. The fourth-order valence-corrected chi connectivity index (χ4v) is 4.89. The lowest BCUT2D eigenvalue weighted by molar-refractivity contribution is -0.138. The van der Waals surface area contributed by atoms with Crippen LogP contribution in [0.1, 0.15) is 74.2 Å². The topological polar surface area (TPSA) is 71.0 Å². The first kappa shape index (κ1) is 31.2. The maximum Gasteiger partial charge on any atom is 0.416 e. The summed E-state index contributed by atoms with van der Waals surface area (Å²) in [7, 11) is 0. The van der Waals surface area contributed by atoms with Crippen molar-refractivity contribution in [3.05, 3.63) is 94.1 Å². The van der Waals surface area contributed by atoms with Crippen molar-refractivity contribution in [3.8, 4) is 5.75 Å². The summed E-state index contributed by atoms with van der Waals surface area (Å²) in [5.74, 6) is -0.0941. The Labute approximate surface area is 242 Å². The van der Waals surface area contributed by atoms with Crippen LogP contribution in [0.4, 0.5) is 13.2 Å². The number of imidazole rings is 1. The van der Waals surface area contributed by atoms with Crippen LogP contribution in [0.25, 0.3) is 11.0 Å². The van der Waals surface area contributed by atoms with Crippen LogP contribution in [0, 0.1) is 5.41 Å². The monoisotopic (exact) mass is 617 g/mol. The van der Waals surface area contributed by atoms with Crippen LogP contribution in [0.15, 0.2) is 60.7 Å². The number of phenolic OH excluding ortho intramolecular Hbond substituents is 1. The third-order valence-electron chi connectivity index (χ3n) is 6.98. The third-order valence-corrected chi connectivity index (χ3v) is 6.98. The Balaban J connectivity index is 0.00000441. The van der Waals surface area contributed by atoms with E-state index in [4.69, 9.17) is 5.41 Å². The highest BCUT2D eigenvalue weighted by Crippen LogP contribution is 2.40. The first-order chi connectivity index (χ1) is 18.0. The third kappa shape index (κ3) is 6.04. The summed E-state index contributed by atoms with van der Waals surface area (Å²) >= 11 is 0. The largest absolute Gasteiger partial charge is 0.507 e. The maximum atomic E-state index is 13.7. The van der Waals surface area contributed by atoms with Gasteiger partial charge in [-0.25, -0.2) is 0 Å². The summed E-state index contributed by atoms with van der Waals surface area (Å²) < 4.78 is 44.0. The van der Waals surface area contributed by atoms with Gasteiger partial charge in [0.15, 0.2) is 5.78 Å². The number of nitrogens with zero attached hydrogens (tertiary/aromatic N) is 2. The number of Topliss-reactive ketones (excluding diaryl/α,β-unsaturated/α-hetero) is 1. The predicted octanol–water partition coefficient (Wildman–Crippen LogP) is 7.75. The number of hydrogen-bond donors (Lipinski definition) is 2. The Morgan fingerprint density at radius 1 is 0.800 bits per heavy atom. The van der Waals surface area contributed by atoms with E-state index in [1.807, 2.05) is 41.5 Å². The van der Waals surface area contributed by atoms with Gasteiger partial charge >= 0.3 is 6.18 Å². The summed E-state index contributed by atoms with van der Waals surface area (Å²) in [5.41, 5.74) is 1.22. The average molecular weight is 619 g/mol. The van der Waals surface area contributed by atoms with Crippen LogP contribution in [0.2, 0.25) is 0 Å². The lowest BCUT2D eigenvalue weighted by atomic mass is 9.78. The number of fused-ring (bicyclic) bond motifs is 1. The second kappa shape index (κ2) is 10.9. The van der Waals surface area contributed by atoms with Gasteiger partial charge in [-0.2, -0.15) is 13.2 Å². The summed E-state index contributed by atoms with van der Waals surface area (Å²) in [5, 5.41) is 19.9. The summed E-state index contributed by atoms with van der Waals surface area (Å²) in [6.07, 6.45) is -4.53. The lowest BCUT2D eigenvalue weighted by Gasteiger charge is -2.28. The molecule has 0 spiro atoms. The van der Waals surface area contributed by atoms with Crippen molar-refractivity contribution >= 4 is 33.8 Å². The summed E-state index contributed by atoms with van der Waals surface area (Å²) in [6.45, 7) is 11.4. The molecule has 0 amide bonds. The van der Waals surface area contributed by atoms with Crippen molar-refractivity contribution < 1.29 is 23.1 Å². The molecule has 0 saturated carbocycles. The quantitative estimate of drug-likeness (QED) is 0.225. The highest BCUT2D eigenvalue weighted by atomic mass is 79.9.